The number of aromatic nitrogens is 1. The summed E-state index contributed by atoms with van der Waals surface area (Å²) < 4.78 is 0. The zero-order valence-corrected chi connectivity index (χ0v) is 11.5. The van der Waals surface area contributed by atoms with Crippen LogP contribution in [0.25, 0.3) is 16.5 Å². The van der Waals surface area contributed by atoms with Crippen LogP contribution in [0, 0.1) is 5.92 Å². The van der Waals surface area contributed by atoms with Gasteiger partial charge in [-0.2, -0.15) is 0 Å². The molecule has 0 aliphatic carbocycles. The van der Waals surface area contributed by atoms with Crippen LogP contribution >= 0.6 is 11.6 Å². The molecular formula is C16H15ClN2. The van der Waals surface area contributed by atoms with Crippen LogP contribution in [0.5, 0.6) is 0 Å². The van der Waals surface area contributed by atoms with Gasteiger partial charge in [0.1, 0.15) is 5.17 Å². The SMILES string of the molecule is CC1C/C=C(c2c[nH]c3ccccc23)/C=C\N=C/1Cl. The van der Waals surface area contributed by atoms with Gasteiger partial charge in [0.15, 0.2) is 0 Å². The lowest BCUT2D eigenvalue weighted by molar-refractivity contribution is 0.801. The zero-order valence-electron chi connectivity index (χ0n) is 10.7. The van der Waals surface area contributed by atoms with E-state index in [1.54, 1.807) is 6.20 Å². The molecule has 0 fully saturated rings. The van der Waals surface area contributed by atoms with Crippen molar-refractivity contribution in [2.45, 2.75) is 13.3 Å². The average molecular weight is 271 g/mol. The molecule has 1 aliphatic rings. The second-order valence-corrected chi connectivity index (χ2v) is 5.20. The standard InChI is InChI=1S/C16H15ClN2/c1-11-6-7-12(8-9-18-16(11)17)14-10-19-15-5-3-2-4-13(14)15/h2-5,7-11,19H,6H2,1H3/b9-8-,12-7-,18-16+. The van der Waals surface area contributed by atoms with Gasteiger partial charge in [-0.05, 0) is 24.1 Å². The molecule has 1 atom stereocenters. The van der Waals surface area contributed by atoms with E-state index in [4.69, 9.17) is 11.6 Å². The maximum absolute atomic E-state index is 6.08. The van der Waals surface area contributed by atoms with Crippen LogP contribution in [0.4, 0.5) is 0 Å². The smallest absolute Gasteiger partial charge is 0.109 e. The van der Waals surface area contributed by atoms with Crippen LogP contribution in [0.3, 0.4) is 0 Å². The van der Waals surface area contributed by atoms with Gasteiger partial charge in [0.25, 0.3) is 0 Å². The number of hydrogen-bond acceptors (Lipinski definition) is 1. The maximum Gasteiger partial charge on any atom is 0.109 e. The summed E-state index contributed by atoms with van der Waals surface area (Å²) in [7, 11) is 0. The van der Waals surface area contributed by atoms with E-state index < -0.39 is 0 Å². The van der Waals surface area contributed by atoms with E-state index in [2.05, 4.69) is 47.4 Å². The first-order chi connectivity index (χ1) is 9.25. The molecule has 0 spiro atoms. The number of rotatable bonds is 1. The number of aliphatic imine (C=N–C) groups is 1. The Hall–Kier alpha value is -1.80. The number of H-pyrrole nitrogens is 1. The van der Waals surface area contributed by atoms with E-state index in [1.165, 1.54) is 16.5 Å². The van der Waals surface area contributed by atoms with Gasteiger partial charge in [0.05, 0.1) is 0 Å². The van der Waals surface area contributed by atoms with Crippen molar-refractivity contribution in [1.82, 2.24) is 4.98 Å². The van der Waals surface area contributed by atoms with Crippen molar-refractivity contribution in [2.75, 3.05) is 0 Å². The fourth-order valence-corrected chi connectivity index (χ4v) is 2.44. The van der Waals surface area contributed by atoms with Crippen molar-refractivity contribution in [3.05, 3.63) is 54.4 Å². The summed E-state index contributed by atoms with van der Waals surface area (Å²) in [6.07, 6.45) is 8.99. The van der Waals surface area contributed by atoms with E-state index in [0.29, 0.717) is 5.17 Å². The van der Waals surface area contributed by atoms with E-state index in [0.717, 1.165) is 11.9 Å². The summed E-state index contributed by atoms with van der Waals surface area (Å²) in [5, 5.41) is 1.91. The number of fused-ring (bicyclic) bond motifs is 1. The van der Waals surface area contributed by atoms with Crippen molar-refractivity contribution in [3.63, 3.8) is 0 Å². The molecule has 3 heteroatoms. The van der Waals surface area contributed by atoms with Gasteiger partial charge in [-0.1, -0.05) is 42.8 Å². The van der Waals surface area contributed by atoms with Crippen LogP contribution in [-0.2, 0) is 0 Å². The zero-order chi connectivity index (χ0) is 13.2. The van der Waals surface area contributed by atoms with Gasteiger partial charge in [-0.15, -0.1) is 0 Å². The Morgan fingerprint density at radius 3 is 3.05 bits per heavy atom. The molecule has 2 nitrogen and oxygen atoms in total. The molecule has 1 aromatic carbocycles. The normalized spacial score (nSPS) is 26.9. The lowest BCUT2D eigenvalue weighted by atomic mass is 10.00. The van der Waals surface area contributed by atoms with Crippen molar-refractivity contribution in [3.8, 4) is 0 Å². The number of nitrogens with one attached hydrogen (secondary N) is 1. The van der Waals surface area contributed by atoms with Crippen LogP contribution in [-0.4, -0.2) is 10.2 Å². The first-order valence-corrected chi connectivity index (χ1v) is 6.80. The number of allylic oxidation sites excluding steroid dienone is 3. The van der Waals surface area contributed by atoms with Gasteiger partial charge in [0.2, 0.25) is 0 Å². The number of aromatic amines is 1. The second kappa shape index (κ2) is 5.06. The predicted molar refractivity (Wildman–Crippen MR) is 82.5 cm³/mol. The van der Waals surface area contributed by atoms with Crippen molar-refractivity contribution in [2.24, 2.45) is 10.9 Å². The number of para-hydroxylation sites is 1. The van der Waals surface area contributed by atoms with E-state index >= 15 is 0 Å². The summed E-state index contributed by atoms with van der Waals surface area (Å²) in [6.45, 7) is 2.09. The van der Waals surface area contributed by atoms with Gasteiger partial charge in [-0.25, -0.2) is 4.99 Å². The first-order valence-electron chi connectivity index (χ1n) is 6.42. The highest BCUT2D eigenvalue weighted by Gasteiger charge is 2.11. The Labute approximate surface area is 117 Å². The molecule has 19 heavy (non-hydrogen) atoms. The van der Waals surface area contributed by atoms with Crippen molar-refractivity contribution >= 4 is 33.2 Å². The van der Waals surface area contributed by atoms with Crippen LogP contribution in [0.2, 0.25) is 0 Å². The van der Waals surface area contributed by atoms with E-state index in [-0.39, 0.29) is 5.92 Å². The van der Waals surface area contributed by atoms with E-state index in [9.17, 15) is 0 Å². The highest BCUT2D eigenvalue weighted by molar-refractivity contribution is 6.65. The molecule has 0 radical (unpaired) electrons. The molecule has 0 bridgehead atoms. The molecule has 96 valence electrons. The Morgan fingerprint density at radius 2 is 2.16 bits per heavy atom. The fraction of sp³-hybridized carbons (Fsp3) is 0.188. The molecule has 3 rings (SSSR count). The van der Waals surface area contributed by atoms with Crippen molar-refractivity contribution in [1.29, 1.82) is 0 Å². The minimum absolute atomic E-state index is 0.270. The number of nitrogens with zero attached hydrogens (tertiary/aromatic N) is 1. The summed E-state index contributed by atoms with van der Waals surface area (Å²) in [6, 6.07) is 8.32. The molecule has 0 saturated carbocycles. The number of hydrogen-bond donors (Lipinski definition) is 1. The molecule has 1 aromatic heterocycles. The van der Waals surface area contributed by atoms with Crippen LogP contribution in [0.1, 0.15) is 18.9 Å². The topological polar surface area (TPSA) is 28.1 Å². The van der Waals surface area contributed by atoms with Crippen molar-refractivity contribution < 1.29 is 0 Å². The third kappa shape index (κ3) is 2.36. The molecule has 1 aliphatic heterocycles. The minimum atomic E-state index is 0.270. The van der Waals surface area contributed by atoms with E-state index in [1.807, 2.05) is 12.1 Å². The monoisotopic (exact) mass is 270 g/mol. The Kier molecular flexibility index (Phi) is 3.26. The number of benzene rings is 1. The minimum Gasteiger partial charge on any atom is -0.361 e. The fourth-order valence-electron chi connectivity index (χ4n) is 2.30. The van der Waals surface area contributed by atoms with Gasteiger partial charge in [0, 0.05) is 34.8 Å². The largest absolute Gasteiger partial charge is 0.361 e. The number of halogens is 1. The lowest BCUT2D eigenvalue weighted by Crippen LogP contribution is -2.03. The highest BCUT2D eigenvalue weighted by atomic mass is 35.5. The summed E-state index contributed by atoms with van der Waals surface area (Å²) >= 11 is 6.08. The lowest BCUT2D eigenvalue weighted by Gasteiger charge is -2.09. The highest BCUT2D eigenvalue weighted by Crippen LogP contribution is 2.28. The third-order valence-electron chi connectivity index (χ3n) is 3.45. The van der Waals surface area contributed by atoms with Crippen LogP contribution in [0.15, 0.2) is 53.8 Å². The molecule has 0 amide bonds. The molecule has 2 heterocycles. The predicted octanol–water partition coefficient (Wildman–Crippen LogP) is 4.74. The molecule has 1 unspecified atom stereocenters. The Bertz CT molecular complexity index is 692. The van der Waals surface area contributed by atoms with Crippen LogP contribution < -0.4 is 0 Å². The van der Waals surface area contributed by atoms with Gasteiger partial charge < -0.3 is 4.98 Å². The third-order valence-corrected chi connectivity index (χ3v) is 3.92. The average Bonchev–Trinajstić information content (AvgIpc) is 2.84. The Balaban J connectivity index is 2.06. The summed E-state index contributed by atoms with van der Waals surface area (Å²) in [5.41, 5.74) is 3.56. The molecular weight excluding hydrogens is 256 g/mol. The molecule has 0 saturated heterocycles. The summed E-state index contributed by atoms with van der Waals surface area (Å²) in [4.78, 5) is 7.56. The maximum atomic E-state index is 6.08. The second-order valence-electron chi connectivity index (χ2n) is 4.81. The van der Waals surface area contributed by atoms with Gasteiger partial charge >= 0.3 is 0 Å². The quantitative estimate of drug-likeness (QED) is 0.775. The molecule has 2 aromatic rings. The summed E-state index contributed by atoms with van der Waals surface area (Å²) in [5.74, 6) is 0.270. The van der Waals surface area contributed by atoms with Gasteiger partial charge in [-0.3, -0.25) is 0 Å². The Morgan fingerprint density at radius 1 is 1.32 bits per heavy atom. The first kappa shape index (κ1) is 12.2. The molecule has 1 N–H and O–H groups in total.